The van der Waals surface area contributed by atoms with Crippen LogP contribution in [-0.2, 0) is 9.59 Å². The van der Waals surface area contributed by atoms with Gasteiger partial charge in [0.2, 0.25) is 5.91 Å². The number of carbonyl (C=O) groups is 2. The van der Waals surface area contributed by atoms with Gasteiger partial charge in [-0.15, -0.1) is 0 Å². The van der Waals surface area contributed by atoms with Crippen LogP contribution in [-0.4, -0.2) is 18.3 Å². The zero-order chi connectivity index (χ0) is 18.1. The molecule has 5 nitrogen and oxygen atoms in total. The van der Waals surface area contributed by atoms with Crippen molar-refractivity contribution in [2.45, 2.75) is 38.5 Å². The topological polar surface area (TPSA) is 59.8 Å². The van der Waals surface area contributed by atoms with E-state index < -0.39 is 0 Å². The first-order valence-electron chi connectivity index (χ1n) is 9.04. The zero-order valence-corrected chi connectivity index (χ0v) is 14.7. The van der Waals surface area contributed by atoms with Gasteiger partial charge in [0, 0.05) is 29.8 Å². The Hall–Kier alpha value is -2.82. The SMILES string of the molecule is CCOc1ccc(N2C(=O)CC(c3ccco3)C3=C2CCCC3=O)cc1. The summed E-state index contributed by atoms with van der Waals surface area (Å²) in [6, 6.07) is 11.1. The Morgan fingerprint density at radius 2 is 1.96 bits per heavy atom. The Bertz CT molecular complexity index is 849. The number of Topliss-reactive ketones (excluding diaryl/α,β-unsaturated/α-hetero) is 1. The highest BCUT2D eigenvalue weighted by atomic mass is 16.5. The van der Waals surface area contributed by atoms with Crippen LogP contribution in [0.1, 0.15) is 44.3 Å². The predicted octanol–water partition coefficient (Wildman–Crippen LogP) is 4.21. The molecule has 2 aromatic rings. The quantitative estimate of drug-likeness (QED) is 0.828. The van der Waals surface area contributed by atoms with Crippen molar-refractivity contribution < 1.29 is 18.7 Å². The number of furan rings is 1. The van der Waals surface area contributed by atoms with Gasteiger partial charge >= 0.3 is 0 Å². The molecule has 1 atom stereocenters. The lowest BCUT2D eigenvalue weighted by molar-refractivity contribution is -0.120. The molecule has 0 fully saturated rings. The number of amides is 1. The Labute approximate surface area is 152 Å². The van der Waals surface area contributed by atoms with E-state index in [1.54, 1.807) is 17.2 Å². The molecule has 1 aromatic carbocycles. The van der Waals surface area contributed by atoms with E-state index in [0.717, 1.165) is 35.5 Å². The number of allylic oxidation sites excluding steroid dienone is 2. The van der Waals surface area contributed by atoms with Gasteiger partial charge in [-0.05, 0) is 56.2 Å². The summed E-state index contributed by atoms with van der Waals surface area (Å²) < 4.78 is 11.0. The smallest absolute Gasteiger partial charge is 0.232 e. The molecule has 134 valence electrons. The highest BCUT2D eigenvalue weighted by molar-refractivity contribution is 6.07. The maximum Gasteiger partial charge on any atom is 0.232 e. The summed E-state index contributed by atoms with van der Waals surface area (Å²) in [6.45, 7) is 2.53. The maximum atomic E-state index is 13.0. The minimum absolute atomic E-state index is 0.0102. The number of ether oxygens (including phenoxy) is 1. The van der Waals surface area contributed by atoms with E-state index in [9.17, 15) is 9.59 Å². The van der Waals surface area contributed by atoms with E-state index in [1.165, 1.54) is 0 Å². The molecule has 1 amide bonds. The second kappa shape index (κ2) is 6.83. The molecule has 2 aliphatic rings. The van der Waals surface area contributed by atoms with E-state index >= 15 is 0 Å². The average Bonchev–Trinajstić information content (AvgIpc) is 3.17. The molecule has 5 heteroatoms. The Balaban J connectivity index is 1.77. The second-order valence-corrected chi connectivity index (χ2v) is 6.57. The van der Waals surface area contributed by atoms with Gasteiger partial charge in [0.05, 0.1) is 18.8 Å². The van der Waals surface area contributed by atoms with Crippen molar-refractivity contribution in [3.63, 3.8) is 0 Å². The molecule has 1 aliphatic heterocycles. The van der Waals surface area contributed by atoms with E-state index in [4.69, 9.17) is 9.15 Å². The Morgan fingerprint density at radius 3 is 2.65 bits per heavy atom. The van der Waals surface area contributed by atoms with Crippen molar-refractivity contribution >= 4 is 17.4 Å². The van der Waals surface area contributed by atoms with Gasteiger partial charge in [0.1, 0.15) is 11.5 Å². The number of ketones is 1. The van der Waals surface area contributed by atoms with Gasteiger partial charge in [-0.3, -0.25) is 14.5 Å². The fraction of sp³-hybridized carbons (Fsp3) is 0.333. The number of carbonyl (C=O) groups excluding carboxylic acids is 2. The first-order chi connectivity index (χ1) is 12.7. The molecule has 1 aromatic heterocycles. The van der Waals surface area contributed by atoms with E-state index in [1.807, 2.05) is 37.3 Å². The molecule has 0 bridgehead atoms. The predicted molar refractivity (Wildman–Crippen MR) is 97.0 cm³/mol. The Kier molecular flexibility index (Phi) is 4.37. The van der Waals surface area contributed by atoms with Crippen LogP contribution in [0, 0.1) is 0 Å². The lowest BCUT2D eigenvalue weighted by atomic mass is 9.79. The molecule has 0 spiro atoms. The van der Waals surface area contributed by atoms with Crippen molar-refractivity contribution in [2.75, 3.05) is 11.5 Å². The third kappa shape index (κ3) is 2.83. The first kappa shape index (κ1) is 16.6. The summed E-state index contributed by atoms with van der Waals surface area (Å²) in [7, 11) is 0. The fourth-order valence-electron chi connectivity index (χ4n) is 3.88. The van der Waals surface area contributed by atoms with Gasteiger partial charge in [0.15, 0.2) is 5.78 Å². The molecule has 0 N–H and O–H groups in total. The van der Waals surface area contributed by atoms with Gasteiger partial charge in [0.25, 0.3) is 0 Å². The summed E-state index contributed by atoms with van der Waals surface area (Å²) in [5.41, 5.74) is 2.33. The molecule has 2 heterocycles. The van der Waals surface area contributed by atoms with Crippen molar-refractivity contribution in [1.29, 1.82) is 0 Å². The van der Waals surface area contributed by atoms with Crippen molar-refractivity contribution in [2.24, 2.45) is 0 Å². The highest BCUT2D eigenvalue weighted by Gasteiger charge is 2.40. The summed E-state index contributed by atoms with van der Waals surface area (Å²) in [5.74, 6) is 1.29. The minimum Gasteiger partial charge on any atom is -0.494 e. The van der Waals surface area contributed by atoms with Crippen LogP contribution in [0.4, 0.5) is 5.69 Å². The standard InChI is InChI=1S/C21H21NO4/c1-2-25-15-10-8-14(9-11-15)22-17-5-3-6-18(23)21(17)16(13-20(22)24)19-7-4-12-26-19/h4,7-12,16H,2-3,5-6,13H2,1H3. The van der Waals surface area contributed by atoms with Crippen molar-refractivity contribution in [1.82, 2.24) is 0 Å². The molecular formula is C21H21NO4. The maximum absolute atomic E-state index is 13.0. The summed E-state index contributed by atoms with van der Waals surface area (Å²) in [5, 5.41) is 0. The zero-order valence-electron chi connectivity index (χ0n) is 14.7. The number of hydrogen-bond donors (Lipinski definition) is 0. The number of benzene rings is 1. The van der Waals surface area contributed by atoms with Gasteiger partial charge in [-0.25, -0.2) is 0 Å². The van der Waals surface area contributed by atoms with Gasteiger partial charge in [-0.2, -0.15) is 0 Å². The lowest BCUT2D eigenvalue weighted by Gasteiger charge is -2.37. The third-order valence-electron chi connectivity index (χ3n) is 4.97. The molecule has 1 unspecified atom stereocenters. The van der Waals surface area contributed by atoms with E-state index in [2.05, 4.69) is 0 Å². The third-order valence-corrected chi connectivity index (χ3v) is 4.97. The number of rotatable bonds is 4. The van der Waals surface area contributed by atoms with Crippen LogP contribution in [0.3, 0.4) is 0 Å². The van der Waals surface area contributed by atoms with Gasteiger partial charge < -0.3 is 9.15 Å². The molecule has 0 saturated heterocycles. The van der Waals surface area contributed by atoms with Crippen LogP contribution in [0.15, 0.2) is 58.3 Å². The molecule has 0 radical (unpaired) electrons. The largest absolute Gasteiger partial charge is 0.494 e. The summed E-state index contributed by atoms with van der Waals surface area (Å²) >= 11 is 0. The fourth-order valence-corrected chi connectivity index (χ4v) is 3.88. The minimum atomic E-state index is -0.278. The molecule has 4 rings (SSSR count). The summed E-state index contributed by atoms with van der Waals surface area (Å²) in [4.78, 5) is 27.4. The van der Waals surface area contributed by atoms with Crippen LogP contribution in [0.2, 0.25) is 0 Å². The molecule has 26 heavy (non-hydrogen) atoms. The number of anilines is 1. The monoisotopic (exact) mass is 351 g/mol. The molecular weight excluding hydrogens is 330 g/mol. The highest BCUT2D eigenvalue weighted by Crippen LogP contribution is 2.43. The molecule has 1 aliphatic carbocycles. The van der Waals surface area contributed by atoms with Crippen molar-refractivity contribution in [3.8, 4) is 5.75 Å². The number of hydrogen-bond acceptors (Lipinski definition) is 4. The molecule has 0 saturated carbocycles. The average molecular weight is 351 g/mol. The number of nitrogens with zero attached hydrogens (tertiary/aromatic N) is 1. The Morgan fingerprint density at radius 1 is 1.15 bits per heavy atom. The van der Waals surface area contributed by atoms with Crippen LogP contribution in [0.5, 0.6) is 5.75 Å². The van der Waals surface area contributed by atoms with Gasteiger partial charge in [-0.1, -0.05) is 0 Å². The van der Waals surface area contributed by atoms with Crippen molar-refractivity contribution in [3.05, 3.63) is 59.7 Å². The van der Waals surface area contributed by atoms with Crippen LogP contribution in [0.25, 0.3) is 0 Å². The summed E-state index contributed by atoms with van der Waals surface area (Å²) in [6.07, 6.45) is 3.85. The second-order valence-electron chi connectivity index (χ2n) is 6.57. The van der Waals surface area contributed by atoms with Crippen LogP contribution < -0.4 is 9.64 Å². The van der Waals surface area contributed by atoms with E-state index in [0.29, 0.717) is 18.8 Å². The van der Waals surface area contributed by atoms with E-state index in [-0.39, 0.29) is 24.0 Å². The normalized spacial score (nSPS) is 20.3. The lowest BCUT2D eigenvalue weighted by Crippen LogP contribution is -2.40. The van der Waals surface area contributed by atoms with Crippen LogP contribution >= 0.6 is 0 Å². The first-order valence-corrected chi connectivity index (χ1v) is 9.04.